The molecular formula is C17H22N2O2. The van der Waals surface area contributed by atoms with Gasteiger partial charge in [-0.05, 0) is 42.9 Å². The smallest absolute Gasteiger partial charge is 0.239 e. The van der Waals surface area contributed by atoms with Crippen LogP contribution in [0.4, 0.5) is 5.69 Å². The lowest BCUT2D eigenvalue weighted by molar-refractivity contribution is -0.132. The molecule has 2 fully saturated rings. The van der Waals surface area contributed by atoms with Gasteiger partial charge in [-0.15, -0.1) is 0 Å². The lowest BCUT2D eigenvalue weighted by atomic mass is 10.0. The summed E-state index contributed by atoms with van der Waals surface area (Å²) in [5.74, 6) is -0.185. The highest BCUT2D eigenvalue weighted by atomic mass is 16.2. The molecule has 1 aliphatic heterocycles. The number of anilines is 1. The topological polar surface area (TPSA) is 49.4 Å². The van der Waals surface area contributed by atoms with Gasteiger partial charge in [-0.2, -0.15) is 0 Å². The lowest BCUT2D eigenvalue weighted by Crippen LogP contribution is -2.37. The van der Waals surface area contributed by atoms with Crippen LogP contribution < -0.4 is 10.2 Å². The number of nitrogens with zero attached hydrogens (tertiary/aromatic N) is 1. The Labute approximate surface area is 125 Å². The Morgan fingerprint density at radius 1 is 1.19 bits per heavy atom. The third-order valence-corrected chi connectivity index (χ3v) is 4.32. The first-order valence-corrected chi connectivity index (χ1v) is 7.78. The van der Waals surface area contributed by atoms with Crippen LogP contribution in [-0.2, 0) is 9.59 Å². The Hall–Kier alpha value is -1.84. The van der Waals surface area contributed by atoms with Gasteiger partial charge in [0.1, 0.15) is 5.92 Å². The van der Waals surface area contributed by atoms with E-state index in [2.05, 4.69) is 31.3 Å². The monoisotopic (exact) mass is 286 g/mol. The second-order valence-corrected chi connectivity index (χ2v) is 6.36. The molecule has 1 saturated heterocycles. The van der Waals surface area contributed by atoms with E-state index < -0.39 is 5.92 Å². The summed E-state index contributed by atoms with van der Waals surface area (Å²) in [6.07, 6.45) is 2.71. The second kappa shape index (κ2) is 5.51. The molecule has 1 atom stereocenters. The summed E-state index contributed by atoms with van der Waals surface area (Å²) < 4.78 is 0. The molecule has 1 N–H and O–H groups in total. The van der Waals surface area contributed by atoms with Crippen molar-refractivity contribution in [3.8, 4) is 0 Å². The van der Waals surface area contributed by atoms with Crippen LogP contribution in [0.2, 0.25) is 0 Å². The molecule has 1 saturated carbocycles. The van der Waals surface area contributed by atoms with E-state index in [1.165, 1.54) is 5.56 Å². The normalized spacial score (nSPS) is 22.0. The molecule has 4 nitrogen and oxygen atoms in total. The first kappa shape index (κ1) is 14.1. The van der Waals surface area contributed by atoms with Crippen LogP contribution in [0, 0.1) is 5.92 Å². The number of benzene rings is 1. The minimum Gasteiger partial charge on any atom is -0.353 e. The largest absolute Gasteiger partial charge is 0.353 e. The molecule has 0 bridgehead atoms. The molecule has 1 aromatic rings. The third-order valence-electron chi connectivity index (χ3n) is 4.32. The van der Waals surface area contributed by atoms with E-state index in [0.29, 0.717) is 24.9 Å². The SMILES string of the molecule is CC(C)c1ccc(N2CCC(C(=O)NC3CC3)C2=O)cc1. The van der Waals surface area contributed by atoms with Crippen LogP contribution in [0.25, 0.3) is 0 Å². The predicted octanol–water partition coefficient (Wildman–Crippen LogP) is 2.44. The van der Waals surface area contributed by atoms with Crippen molar-refractivity contribution >= 4 is 17.5 Å². The first-order valence-electron chi connectivity index (χ1n) is 7.78. The van der Waals surface area contributed by atoms with Gasteiger partial charge in [0.2, 0.25) is 11.8 Å². The van der Waals surface area contributed by atoms with E-state index in [0.717, 1.165) is 18.5 Å². The van der Waals surface area contributed by atoms with Crippen molar-refractivity contribution in [2.75, 3.05) is 11.4 Å². The fourth-order valence-corrected chi connectivity index (χ4v) is 2.75. The number of carbonyl (C=O) groups is 2. The highest BCUT2D eigenvalue weighted by Crippen LogP contribution is 2.28. The Morgan fingerprint density at radius 2 is 1.86 bits per heavy atom. The van der Waals surface area contributed by atoms with E-state index in [-0.39, 0.29) is 11.8 Å². The van der Waals surface area contributed by atoms with Crippen LogP contribution in [0.1, 0.15) is 44.6 Å². The van der Waals surface area contributed by atoms with Crippen molar-refractivity contribution < 1.29 is 9.59 Å². The molecule has 1 heterocycles. The average Bonchev–Trinajstić information content (AvgIpc) is 3.19. The minimum absolute atomic E-state index is 0.0644. The molecule has 0 aromatic heterocycles. The lowest BCUT2D eigenvalue weighted by Gasteiger charge is -2.17. The van der Waals surface area contributed by atoms with Crippen LogP contribution >= 0.6 is 0 Å². The first-order chi connectivity index (χ1) is 10.1. The fraction of sp³-hybridized carbons (Fsp3) is 0.529. The Morgan fingerprint density at radius 3 is 2.43 bits per heavy atom. The predicted molar refractivity (Wildman–Crippen MR) is 82.2 cm³/mol. The summed E-state index contributed by atoms with van der Waals surface area (Å²) in [5.41, 5.74) is 2.15. The zero-order valence-electron chi connectivity index (χ0n) is 12.6. The molecule has 3 rings (SSSR count). The standard InChI is InChI=1S/C17H22N2O2/c1-11(2)12-3-7-14(8-4-12)19-10-9-15(17(19)21)16(20)18-13-5-6-13/h3-4,7-8,11,13,15H,5-6,9-10H2,1-2H3,(H,18,20). The van der Waals surface area contributed by atoms with Gasteiger partial charge in [0.05, 0.1) is 0 Å². The summed E-state index contributed by atoms with van der Waals surface area (Å²) in [7, 11) is 0. The second-order valence-electron chi connectivity index (χ2n) is 6.36. The summed E-state index contributed by atoms with van der Waals surface area (Å²) in [5, 5.41) is 2.94. The van der Waals surface area contributed by atoms with Gasteiger partial charge in [0.25, 0.3) is 0 Å². The molecule has 0 spiro atoms. The van der Waals surface area contributed by atoms with Crippen molar-refractivity contribution in [2.45, 2.75) is 45.1 Å². The number of carbonyl (C=O) groups excluding carboxylic acids is 2. The molecule has 2 amide bonds. The summed E-state index contributed by atoms with van der Waals surface area (Å²) in [4.78, 5) is 26.2. The third kappa shape index (κ3) is 2.94. The molecular weight excluding hydrogens is 264 g/mol. The van der Waals surface area contributed by atoms with Crippen molar-refractivity contribution in [3.05, 3.63) is 29.8 Å². The van der Waals surface area contributed by atoms with E-state index in [1.807, 2.05) is 12.1 Å². The zero-order chi connectivity index (χ0) is 15.0. The molecule has 4 heteroatoms. The van der Waals surface area contributed by atoms with Gasteiger partial charge in [-0.1, -0.05) is 26.0 Å². The van der Waals surface area contributed by atoms with Crippen molar-refractivity contribution in [1.29, 1.82) is 0 Å². The van der Waals surface area contributed by atoms with E-state index in [4.69, 9.17) is 0 Å². The number of hydrogen-bond donors (Lipinski definition) is 1. The Balaban J connectivity index is 1.69. The van der Waals surface area contributed by atoms with Crippen molar-refractivity contribution in [3.63, 3.8) is 0 Å². The highest BCUT2D eigenvalue weighted by Gasteiger charge is 2.39. The summed E-state index contributed by atoms with van der Waals surface area (Å²) >= 11 is 0. The zero-order valence-corrected chi connectivity index (χ0v) is 12.6. The number of nitrogens with one attached hydrogen (secondary N) is 1. The van der Waals surface area contributed by atoms with Gasteiger partial charge in [-0.3, -0.25) is 9.59 Å². The maximum Gasteiger partial charge on any atom is 0.239 e. The van der Waals surface area contributed by atoms with Gasteiger partial charge < -0.3 is 10.2 Å². The van der Waals surface area contributed by atoms with Gasteiger partial charge >= 0.3 is 0 Å². The van der Waals surface area contributed by atoms with Crippen LogP contribution in [-0.4, -0.2) is 24.4 Å². The molecule has 21 heavy (non-hydrogen) atoms. The van der Waals surface area contributed by atoms with E-state index in [9.17, 15) is 9.59 Å². The fourth-order valence-electron chi connectivity index (χ4n) is 2.75. The van der Waals surface area contributed by atoms with E-state index >= 15 is 0 Å². The Kier molecular flexibility index (Phi) is 3.70. The maximum absolute atomic E-state index is 12.4. The van der Waals surface area contributed by atoms with Crippen LogP contribution in [0.15, 0.2) is 24.3 Å². The van der Waals surface area contributed by atoms with Crippen LogP contribution in [0.3, 0.4) is 0 Å². The minimum atomic E-state index is -0.504. The van der Waals surface area contributed by atoms with Crippen LogP contribution in [0.5, 0.6) is 0 Å². The molecule has 112 valence electrons. The number of rotatable bonds is 4. The average molecular weight is 286 g/mol. The van der Waals surface area contributed by atoms with Gasteiger partial charge in [-0.25, -0.2) is 0 Å². The van der Waals surface area contributed by atoms with Gasteiger partial charge in [0.15, 0.2) is 0 Å². The van der Waals surface area contributed by atoms with E-state index in [1.54, 1.807) is 4.90 Å². The number of amides is 2. The molecule has 1 unspecified atom stereocenters. The molecule has 2 aliphatic rings. The quantitative estimate of drug-likeness (QED) is 0.864. The Bertz CT molecular complexity index is 546. The number of hydrogen-bond acceptors (Lipinski definition) is 2. The molecule has 0 radical (unpaired) electrons. The summed E-state index contributed by atoms with van der Waals surface area (Å²) in [6.45, 7) is 4.92. The highest BCUT2D eigenvalue weighted by molar-refractivity contribution is 6.09. The van der Waals surface area contributed by atoms with Crippen molar-refractivity contribution in [2.24, 2.45) is 5.92 Å². The van der Waals surface area contributed by atoms with Crippen molar-refractivity contribution in [1.82, 2.24) is 5.32 Å². The maximum atomic E-state index is 12.4. The molecule has 1 aromatic carbocycles. The van der Waals surface area contributed by atoms with Gasteiger partial charge in [0, 0.05) is 18.3 Å². The summed E-state index contributed by atoms with van der Waals surface area (Å²) in [6, 6.07) is 8.39. The molecule has 1 aliphatic carbocycles.